The predicted octanol–water partition coefficient (Wildman–Crippen LogP) is 2.72. The fourth-order valence-electron chi connectivity index (χ4n) is 1.99. The molecule has 0 atom stereocenters. The van der Waals surface area contributed by atoms with E-state index in [0.717, 1.165) is 22.7 Å². The number of hydrogen-bond donors (Lipinski definition) is 1. The Morgan fingerprint density at radius 2 is 2.17 bits per heavy atom. The van der Waals surface area contributed by atoms with E-state index in [9.17, 15) is 0 Å². The maximum atomic E-state index is 5.69. The molecule has 0 saturated heterocycles. The molecule has 0 unspecified atom stereocenters. The first kappa shape index (κ1) is 11.2. The molecule has 6 heteroatoms. The average molecular weight is 259 g/mol. The SMILES string of the molecule is CC(C)n1c(-c2csc(N)n2)nc2cccnc21. The van der Waals surface area contributed by atoms with Gasteiger partial charge in [-0.15, -0.1) is 11.3 Å². The molecular formula is C12H13N5S. The Morgan fingerprint density at radius 3 is 2.83 bits per heavy atom. The second kappa shape index (κ2) is 4.06. The van der Waals surface area contributed by atoms with Crippen molar-refractivity contribution in [1.29, 1.82) is 0 Å². The van der Waals surface area contributed by atoms with Gasteiger partial charge in [0, 0.05) is 17.6 Å². The number of fused-ring (bicyclic) bond motifs is 1. The third-order valence-corrected chi connectivity index (χ3v) is 3.39. The number of hydrogen-bond acceptors (Lipinski definition) is 5. The van der Waals surface area contributed by atoms with Crippen LogP contribution in [0.2, 0.25) is 0 Å². The first-order chi connectivity index (χ1) is 8.66. The second-order valence-corrected chi connectivity index (χ2v) is 5.21. The Balaban J connectivity index is 2.31. The largest absolute Gasteiger partial charge is 0.375 e. The van der Waals surface area contributed by atoms with Gasteiger partial charge in [-0.25, -0.2) is 15.0 Å². The molecular weight excluding hydrogens is 246 g/mol. The van der Waals surface area contributed by atoms with E-state index < -0.39 is 0 Å². The number of rotatable bonds is 2. The molecule has 3 aromatic heterocycles. The minimum absolute atomic E-state index is 0.267. The molecule has 0 radical (unpaired) electrons. The van der Waals surface area contributed by atoms with Gasteiger partial charge in [0.1, 0.15) is 11.2 Å². The Morgan fingerprint density at radius 1 is 1.33 bits per heavy atom. The van der Waals surface area contributed by atoms with Crippen molar-refractivity contribution in [3.63, 3.8) is 0 Å². The van der Waals surface area contributed by atoms with Crippen LogP contribution in [-0.4, -0.2) is 19.5 Å². The summed E-state index contributed by atoms with van der Waals surface area (Å²) >= 11 is 1.42. The molecule has 3 heterocycles. The number of nitrogens with two attached hydrogens (primary N) is 1. The van der Waals surface area contributed by atoms with E-state index in [1.54, 1.807) is 6.20 Å². The minimum atomic E-state index is 0.267. The molecule has 5 nitrogen and oxygen atoms in total. The summed E-state index contributed by atoms with van der Waals surface area (Å²) in [6.07, 6.45) is 1.78. The summed E-state index contributed by atoms with van der Waals surface area (Å²) in [5, 5.41) is 2.48. The van der Waals surface area contributed by atoms with E-state index in [-0.39, 0.29) is 6.04 Å². The second-order valence-electron chi connectivity index (χ2n) is 4.32. The Labute approximate surface area is 108 Å². The third kappa shape index (κ3) is 1.65. The summed E-state index contributed by atoms with van der Waals surface area (Å²) in [6.45, 7) is 4.21. The maximum absolute atomic E-state index is 5.69. The fourth-order valence-corrected chi connectivity index (χ4v) is 2.53. The average Bonchev–Trinajstić information content (AvgIpc) is 2.91. The van der Waals surface area contributed by atoms with Crippen LogP contribution >= 0.6 is 11.3 Å². The lowest BCUT2D eigenvalue weighted by Gasteiger charge is -2.10. The van der Waals surface area contributed by atoms with Crippen molar-refractivity contribution in [2.24, 2.45) is 0 Å². The molecule has 0 bridgehead atoms. The molecule has 0 saturated carbocycles. The molecule has 18 heavy (non-hydrogen) atoms. The van der Waals surface area contributed by atoms with E-state index in [2.05, 4.69) is 33.4 Å². The lowest BCUT2D eigenvalue weighted by Crippen LogP contribution is -2.04. The highest BCUT2D eigenvalue weighted by Gasteiger charge is 2.17. The van der Waals surface area contributed by atoms with Crippen molar-refractivity contribution in [2.45, 2.75) is 19.9 Å². The Bertz CT molecular complexity index is 697. The number of nitrogens with zero attached hydrogens (tertiary/aromatic N) is 4. The van der Waals surface area contributed by atoms with Gasteiger partial charge in [0.15, 0.2) is 16.6 Å². The smallest absolute Gasteiger partial charge is 0.180 e. The zero-order chi connectivity index (χ0) is 12.7. The van der Waals surface area contributed by atoms with E-state index >= 15 is 0 Å². The van der Waals surface area contributed by atoms with Crippen LogP contribution in [0.4, 0.5) is 5.13 Å². The molecule has 0 aromatic carbocycles. The number of nitrogen functional groups attached to an aromatic ring is 1. The van der Waals surface area contributed by atoms with Crippen molar-refractivity contribution in [3.05, 3.63) is 23.7 Å². The van der Waals surface area contributed by atoms with E-state index in [1.165, 1.54) is 11.3 Å². The molecule has 0 aliphatic carbocycles. The van der Waals surface area contributed by atoms with Crippen LogP contribution < -0.4 is 5.73 Å². The van der Waals surface area contributed by atoms with Crippen LogP contribution in [0.15, 0.2) is 23.7 Å². The fraction of sp³-hybridized carbons (Fsp3) is 0.250. The standard InChI is InChI=1S/C12H13N5S/c1-7(2)17-10-8(4-3-5-14-10)15-11(17)9-6-18-12(13)16-9/h3-7H,1-2H3,(H2,13,16). The molecule has 2 N–H and O–H groups in total. The van der Waals surface area contributed by atoms with Crippen LogP contribution in [0.1, 0.15) is 19.9 Å². The number of aromatic nitrogens is 4. The van der Waals surface area contributed by atoms with Crippen LogP contribution in [-0.2, 0) is 0 Å². The molecule has 3 rings (SSSR count). The van der Waals surface area contributed by atoms with Crippen LogP contribution in [0.25, 0.3) is 22.7 Å². The Kier molecular flexibility index (Phi) is 2.52. The summed E-state index contributed by atoms with van der Waals surface area (Å²) in [6, 6.07) is 4.11. The molecule has 0 amide bonds. The van der Waals surface area contributed by atoms with Gasteiger partial charge in [-0.1, -0.05) is 0 Å². The van der Waals surface area contributed by atoms with Crippen LogP contribution in [0, 0.1) is 0 Å². The third-order valence-electron chi connectivity index (χ3n) is 2.72. The highest BCUT2D eigenvalue weighted by Crippen LogP contribution is 2.28. The van der Waals surface area contributed by atoms with Gasteiger partial charge in [-0.3, -0.25) is 0 Å². The number of anilines is 1. The van der Waals surface area contributed by atoms with E-state index in [4.69, 9.17) is 5.73 Å². The monoisotopic (exact) mass is 259 g/mol. The van der Waals surface area contributed by atoms with Gasteiger partial charge in [0.2, 0.25) is 0 Å². The van der Waals surface area contributed by atoms with Gasteiger partial charge < -0.3 is 10.3 Å². The van der Waals surface area contributed by atoms with E-state index in [1.807, 2.05) is 17.5 Å². The number of pyridine rings is 1. The van der Waals surface area contributed by atoms with Crippen molar-refractivity contribution < 1.29 is 0 Å². The lowest BCUT2D eigenvalue weighted by atomic mass is 10.3. The van der Waals surface area contributed by atoms with Crippen LogP contribution in [0.5, 0.6) is 0 Å². The zero-order valence-electron chi connectivity index (χ0n) is 10.2. The topological polar surface area (TPSA) is 69.6 Å². The molecule has 0 spiro atoms. The predicted molar refractivity (Wildman–Crippen MR) is 73.4 cm³/mol. The quantitative estimate of drug-likeness (QED) is 0.768. The van der Waals surface area contributed by atoms with Crippen molar-refractivity contribution in [3.8, 4) is 11.5 Å². The highest BCUT2D eigenvalue weighted by molar-refractivity contribution is 7.13. The maximum Gasteiger partial charge on any atom is 0.180 e. The van der Waals surface area contributed by atoms with Crippen LogP contribution in [0.3, 0.4) is 0 Å². The first-order valence-corrected chi connectivity index (χ1v) is 6.59. The van der Waals surface area contributed by atoms with Gasteiger partial charge in [-0.2, -0.15) is 0 Å². The van der Waals surface area contributed by atoms with Gasteiger partial charge in [-0.05, 0) is 26.0 Å². The number of thiazole rings is 1. The molecule has 0 aliphatic heterocycles. The van der Waals surface area contributed by atoms with Crippen molar-refractivity contribution in [2.75, 3.05) is 5.73 Å². The van der Waals surface area contributed by atoms with E-state index in [0.29, 0.717) is 5.13 Å². The molecule has 0 fully saturated rings. The highest BCUT2D eigenvalue weighted by atomic mass is 32.1. The normalized spacial score (nSPS) is 11.5. The summed E-state index contributed by atoms with van der Waals surface area (Å²) in [4.78, 5) is 13.3. The van der Waals surface area contributed by atoms with Gasteiger partial charge >= 0.3 is 0 Å². The van der Waals surface area contributed by atoms with Crippen molar-refractivity contribution in [1.82, 2.24) is 19.5 Å². The molecule has 92 valence electrons. The Hall–Kier alpha value is -1.95. The number of imidazole rings is 1. The lowest BCUT2D eigenvalue weighted by molar-refractivity contribution is 0.619. The minimum Gasteiger partial charge on any atom is -0.375 e. The summed E-state index contributed by atoms with van der Waals surface area (Å²) < 4.78 is 2.09. The van der Waals surface area contributed by atoms with Gasteiger partial charge in [0.05, 0.1) is 0 Å². The summed E-state index contributed by atoms with van der Waals surface area (Å²) in [7, 11) is 0. The van der Waals surface area contributed by atoms with Gasteiger partial charge in [0.25, 0.3) is 0 Å². The molecule has 0 aliphatic rings. The summed E-state index contributed by atoms with van der Waals surface area (Å²) in [5.41, 5.74) is 8.27. The summed E-state index contributed by atoms with van der Waals surface area (Å²) in [5.74, 6) is 0.826. The molecule has 3 aromatic rings. The van der Waals surface area contributed by atoms with Crippen molar-refractivity contribution >= 4 is 27.6 Å². The zero-order valence-corrected chi connectivity index (χ0v) is 11.0. The first-order valence-electron chi connectivity index (χ1n) is 5.71.